The van der Waals surface area contributed by atoms with Gasteiger partial charge in [0.1, 0.15) is 0 Å². The van der Waals surface area contributed by atoms with E-state index in [1.807, 2.05) is 36.7 Å². The zero-order valence-electron chi connectivity index (χ0n) is 27.8. The number of hydrogen-bond acceptors (Lipinski definition) is 8. The first-order valence-electron chi connectivity index (χ1n) is 16.3. The highest BCUT2D eigenvalue weighted by atomic mass is 19.4. The van der Waals surface area contributed by atoms with Gasteiger partial charge < -0.3 is 20.3 Å². The second-order valence-electron chi connectivity index (χ2n) is 12.6. The van der Waals surface area contributed by atoms with E-state index < -0.39 is 17.6 Å². The molecule has 0 unspecified atom stereocenters. The number of aryl methyl sites for hydroxylation is 2. The Morgan fingerprint density at radius 1 is 0.980 bits per heavy atom. The third-order valence-corrected chi connectivity index (χ3v) is 8.90. The van der Waals surface area contributed by atoms with Gasteiger partial charge in [0.2, 0.25) is 5.95 Å². The average Bonchev–Trinajstić information content (AvgIpc) is 3.55. The molecular weight excluding hydrogens is 633 g/mol. The monoisotopic (exact) mass is 672 g/mol. The predicted octanol–water partition coefficient (Wildman–Crippen LogP) is 5.80. The summed E-state index contributed by atoms with van der Waals surface area (Å²) in [6, 6.07) is 9.31. The van der Waals surface area contributed by atoms with E-state index in [0.29, 0.717) is 41.9 Å². The molecule has 0 bridgehead atoms. The second-order valence-corrected chi connectivity index (χ2v) is 12.6. The van der Waals surface area contributed by atoms with Crippen molar-refractivity contribution in [3.63, 3.8) is 0 Å². The summed E-state index contributed by atoms with van der Waals surface area (Å²) < 4.78 is 49.6. The van der Waals surface area contributed by atoms with Crippen molar-refractivity contribution in [3.8, 4) is 11.8 Å². The van der Waals surface area contributed by atoms with Gasteiger partial charge in [-0.3, -0.25) is 14.4 Å². The van der Waals surface area contributed by atoms with E-state index in [1.54, 1.807) is 30.6 Å². The molecule has 49 heavy (non-hydrogen) atoms. The fraction of sp³-hybridized carbons (Fsp3) is 0.389. The van der Waals surface area contributed by atoms with Crippen LogP contribution in [0.25, 0.3) is 0 Å². The Labute approximate surface area is 283 Å². The Bertz CT molecular complexity index is 1870. The van der Waals surface area contributed by atoms with Crippen LogP contribution < -0.4 is 10.6 Å². The molecule has 1 amide bonds. The van der Waals surface area contributed by atoms with Crippen LogP contribution in [-0.4, -0.2) is 81.9 Å². The van der Waals surface area contributed by atoms with Gasteiger partial charge in [-0.2, -0.15) is 18.3 Å². The Balaban J connectivity index is 1.12. The molecule has 2 aliphatic rings. The Kier molecular flexibility index (Phi) is 10.3. The lowest BCUT2D eigenvalue weighted by Crippen LogP contribution is -2.44. The number of halogens is 3. The Morgan fingerprint density at radius 2 is 1.73 bits per heavy atom. The highest BCUT2D eigenvalue weighted by Gasteiger charge is 2.34. The van der Waals surface area contributed by atoms with E-state index in [1.165, 1.54) is 12.1 Å². The lowest BCUT2D eigenvalue weighted by molar-refractivity contribution is -0.138. The number of nitrogens with zero attached hydrogens (tertiary/aromatic N) is 6. The quantitative estimate of drug-likeness (QED) is 0.238. The predicted molar refractivity (Wildman–Crippen MR) is 181 cm³/mol. The number of anilines is 3. The Hall–Kier alpha value is -4.77. The summed E-state index contributed by atoms with van der Waals surface area (Å²) in [7, 11) is 2.00. The molecule has 2 aromatic heterocycles. The van der Waals surface area contributed by atoms with Crippen LogP contribution in [0.15, 0.2) is 55.0 Å². The van der Waals surface area contributed by atoms with Gasteiger partial charge in [0.05, 0.1) is 34.7 Å². The first-order chi connectivity index (χ1) is 23.5. The molecular formula is C36H39F3N8O2. The fourth-order valence-corrected chi connectivity index (χ4v) is 5.87. The average molecular weight is 673 g/mol. The molecule has 4 aromatic rings. The molecule has 4 heterocycles. The summed E-state index contributed by atoms with van der Waals surface area (Å²) >= 11 is 0. The van der Waals surface area contributed by atoms with Crippen LogP contribution in [0, 0.1) is 25.7 Å². The summed E-state index contributed by atoms with van der Waals surface area (Å²) in [6.07, 6.45) is 2.61. The molecule has 2 aromatic carbocycles. The van der Waals surface area contributed by atoms with E-state index in [-0.39, 0.29) is 23.4 Å². The van der Waals surface area contributed by atoms with Crippen LogP contribution in [0.1, 0.15) is 62.8 Å². The topological polar surface area (TPSA) is 100 Å². The lowest BCUT2D eigenvalue weighted by Gasteiger charge is -2.33. The van der Waals surface area contributed by atoms with Crippen molar-refractivity contribution in [2.24, 2.45) is 0 Å². The van der Waals surface area contributed by atoms with E-state index in [2.05, 4.69) is 42.4 Å². The standard InChI is InChI=1S/C36H39F3N8O2/c1-24-4-5-27(34(48)43-30-9-8-29(33(19-30)36(37,38)39)22-46-14-12-45(3)13-15-46)18-26(24)6-7-28-20-40-35(42-25(28)2)44-31-21-41-47(23-31)32-10-16-49-17-11-32/h4-5,8-9,18-21,23,32H,10-17,22H2,1-3H3,(H,43,48)(H,40,42,44). The SMILES string of the molecule is Cc1ccc(C(=O)Nc2ccc(CN3CCN(C)CC3)c(C(F)(F)F)c2)cc1C#Cc1cnc(Nc2cnn(C3CCOCC3)c2)nc1C. The second kappa shape index (κ2) is 14.8. The van der Waals surface area contributed by atoms with Crippen molar-refractivity contribution in [3.05, 3.63) is 94.1 Å². The number of alkyl halides is 3. The number of carbonyl (C=O) groups is 1. The number of nitrogens with one attached hydrogen (secondary N) is 2. The van der Waals surface area contributed by atoms with Gasteiger partial charge in [0, 0.05) is 75.1 Å². The van der Waals surface area contributed by atoms with Gasteiger partial charge >= 0.3 is 6.18 Å². The van der Waals surface area contributed by atoms with Gasteiger partial charge in [0.15, 0.2) is 0 Å². The lowest BCUT2D eigenvalue weighted by atomic mass is 10.0. The molecule has 0 spiro atoms. The molecule has 0 atom stereocenters. The molecule has 2 saturated heterocycles. The summed E-state index contributed by atoms with van der Waals surface area (Å²) in [4.78, 5) is 26.3. The van der Waals surface area contributed by atoms with Crippen LogP contribution in [-0.2, 0) is 17.5 Å². The normalized spacial score (nSPS) is 16.2. The molecule has 6 rings (SSSR count). The van der Waals surface area contributed by atoms with Gasteiger partial charge in [-0.25, -0.2) is 9.97 Å². The maximum atomic E-state index is 14.1. The zero-order valence-corrected chi connectivity index (χ0v) is 27.8. The van der Waals surface area contributed by atoms with E-state index in [4.69, 9.17) is 4.74 Å². The first-order valence-corrected chi connectivity index (χ1v) is 16.3. The Morgan fingerprint density at radius 3 is 2.47 bits per heavy atom. The van der Waals surface area contributed by atoms with Crippen molar-refractivity contribution in [1.29, 1.82) is 0 Å². The van der Waals surface area contributed by atoms with Gasteiger partial charge in [-0.1, -0.05) is 24.0 Å². The summed E-state index contributed by atoms with van der Waals surface area (Å²) in [5.74, 6) is 6.09. The molecule has 0 saturated carbocycles. The van der Waals surface area contributed by atoms with E-state index in [0.717, 1.165) is 56.5 Å². The first kappa shape index (κ1) is 34.1. The minimum absolute atomic E-state index is 0.0741. The maximum Gasteiger partial charge on any atom is 0.416 e. The fourth-order valence-electron chi connectivity index (χ4n) is 5.87. The van der Waals surface area contributed by atoms with Crippen LogP contribution in [0.4, 0.5) is 30.5 Å². The number of rotatable bonds is 7. The van der Waals surface area contributed by atoms with Gasteiger partial charge in [-0.15, -0.1) is 0 Å². The van der Waals surface area contributed by atoms with Crippen molar-refractivity contribution in [1.82, 2.24) is 29.5 Å². The number of piperazine rings is 1. The molecule has 0 aliphatic carbocycles. The summed E-state index contributed by atoms with van der Waals surface area (Å²) in [5.41, 5.74) is 3.31. The third-order valence-electron chi connectivity index (χ3n) is 8.90. The molecule has 2 fully saturated rings. The molecule has 13 heteroatoms. The van der Waals surface area contributed by atoms with Gasteiger partial charge in [0.25, 0.3) is 5.91 Å². The highest BCUT2D eigenvalue weighted by Crippen LogP contribution is 2.35. The summed E-state index contributed by atoms with van der Waals surface area (Å²) in [6.45, 7) is 8.38. The summed E-state index contributed by atoms with van der Waals surface area (Å²) in [5, 5.41) is 10.3. The van der Waals surface area contributed by atoms with Crippen molar-refractivity contribution in [2.45, 2.75) is 45.5 Å². The maximum absolute atomic E-state index is 14.1. The van der Waals surface area contributed by atoms with Crippen molar-refractivity contribution < 1.29 is 22.7 Å². The zero-order chi connectivity index (χ0) is 34.5. The van der Waals surface area contributed by atoms with E-state index in [9.17, 15) is 18.0 Å². The number of aromatic nitrogens is 4. The number of amides is 1. The molecule has 10 nitrogen and oxygen atoms in total. The van der Waals surface area contributed by atoms with Crippen LogP contribution in [0.5, 0.6) is 0 Å². The molecule has 2 aliphatic heterocycles. The third kappa shape index (κ3) is 8.64. The number of carbonyl (C=O) groups excluding carboxylic acids is 1. The number of ether oxygens (including phenoxy) is 1. The van der Waals surface area contributed by atoms with Gasteiger partial charge in [-0.05, 0) is 69.1 Å². The number of likely N-dealkylation sites (N-methyl/N-ethyl adjacent to an activating group) is 1. The largest absolute Gasteiger partial charge is 0.416 e. The minimum atomic E-state index is -4.56. The smallest absolute Gasteiger partial charge is 0.381 e. The highest BCUT2D eigenvalue weighted by molar-refractivity contribution is 6.04. The van der Waals surface area contributed by atoms with Crippen LogP contribution >= 0.6 is 0 Å². The minimum Gasteiger partial charge on any atom is -0.381 e. The van der Waals surface area contributed by atoms with Crippen LogP contribution in [0.3, 0.4) is 0 Å². The molecule has 256 valence electrons. The van der Waals surface area contributed by atoms with Crippen molar-refractivity contribution in [2.75, 3.05) is 57.1 Å². The van der Waals surface area contributed by atoms with E-state index >= 15 is 0 Å². The number of benzene rings is 2. The molecule has 0 radical (unpaired) electrons. The molecule has 2 N–H and O–H groups in total. The van der Waals surface area contributed by atoms with Crippen LogP contribution in [0.2, 0.25) is 0 Å². The van der Waals surface area contributed by atoms with Crippen molar-refractivity contribution >= 4 is 23.2 Å². The number of hydrogen-bond donors (Lipinski definition) is 2.